The van der Waals surface area contributed by atoms with Crippen molar-refractivity contribution in [3.05, 3.63) is 22.7 Å². The molecule has 0 spiro atoms. The van der Waals surface area contributed by atoms with E-state index in [2.05, 4.69) is 78.0 Å². The molecule has 9 heteroatoms. The van der Waals surface area contributed by atoms with Crippen LogP contribution in [0.3, 0.4) is 0 Å². The van der Waals surface area contributed by atoms with Crippen molar-refractivity contribution in [3.63, 3.8) is 0 Å². The van der Waals surface area contributed by atoms with Crippen LogP contribution < -0.4 is 11.0 Å². The molecule has 31 heavy (non-hydrogen) atoms. The largest absolute Gasteiger partial charge is 0.414 e. The minimum Gasteiger partial charge on any atom is -0.414 e. The van der Waals surface area contributed by atoms with Crippen molar-refractivity contribution in [3.8, 4) is 0 Å². The van der Waals surface area contributed by atoms with Crippen molar-refractivity contribution in [1.29, 1.82) is 0 Å². The first-order chi connectivity index (χ1) is 15.1. The van der Waals surface area contributed by atoms with Gasteiger partial charge in [0.1, 0.15) is 18.1 Å². The van der Waals surface area contributed by atoms with Crippen LogP contribution in [0, 0.1) is 0 Å². The highest BCUT2D eigenvalue weighted by molar-refractivity contribution is 6.74. The maximum absolute atomic E-state index is 12.7. The molecule has 0 saturated carbocycles. The molecule has 1 saturated heterocycles. The van der Waals surface area contributed by atoms with Crippen LogP contribution in [0.15, 0.2) is 17.1 Å². The highest BCUT2D eigenvalue weighted by Gasteiger charge is 2.46. The van der Waals surface area contributed by atoms with E-state index in [-0.39, 0.29) is 28.1 Å². The average molecular weight is 473 g/mol. The molecular weight excluding hydrogens is 426 g/mol. The molecule has 1 N–H and O–H groups in total. The number of ether oxygens (including phenoxy) is 1. The second-order valence-corrected chi connectivity index (χ2v) is 21.0. The zero-order valence-electron chi connectivity index (χ0n) is 23.8. The van der Waals surface area contributed by atoms with Gasteiger partial charge in [0.2, 0.25) is 0 Å². The lowest BCUT2D eigenvalue weighted by molar-refractivity contribution is -0.0411. The second kappa shape index (κ2) is 9.09. The predicted octanol–water partition coefficient (Wildman–Crippen LogP) is 4.98. The van der Waals surface area contributed by atoms with Gasteiger partial charge in [0.05, 0.1) is 12.7 Å². The monoisotopic (exact) mass is 472 g/mol. The van der Waals surface area contributed by atoms with Gasteiger partial charge in [-0.1, -0.05) is 41.5 Å². The Labute approximate surface area is 194 Å². The number of nitrogens with one attached hydrogen (secondary N) is 1. The number of aromatic nitrogens is 2. The molecule has 2 rings (SSSR count). The van der Waals surface area contributed by atoms with Crippen LogP contribution in [0.2, 0.25) is 36.3 Å². The summed E-state index contributed by atoms with van der Waals surface area (Å²) in [5.74, 6) is 0.00568. The third-order valence-electron chi connectivity index (χ3n) is 7.12. The minimum atomic E-state index is -2.43. The van der Waals surface area contributed by atoms with Gasteiger partial charge in [0, 0.05) is 23.7 Å². The highest BCUT2D eigenvalue weighted by atomic mass is 28.4. The van der Waals surface area contributed by atoms with Gasteiger partial charge in [-0.25, -0.2) is 4.79 Å². The molecule has 1 aliphatic heterocycles. The summed E-state index contributed by atoms with van der Waals surface area (Å²) in [6, 6.07) is 1.47. The Kier molecular flexibility index (Phi) is 6.40. The van der Waals surface area contributed by atoms with E-state index in [4.69, 9.17) is 17.7 Å². The fraction of sp³-hybridized carbons (Fsp3) is 0.818. The molecule has 0 unspecified atom stereocenters. The van der Waals surface area contributed by atoms with Crippen LogP contribution in [0.25, 0.3) is 0 Å². The number of anilines is 1. The molecule has 1 fully saturated rings. The molecule has 0 aromatic carbocycles. The summed E-state index contributed by atoms with van der Waals surface area (Å²) in [5, 5.41) is 2.34. The lowest BCUT2D eigenvalue weighted by atomic mass is 10.2. The fourth-order valence-corrected chi connectivity index (χ4v) is 5.28. The van der Waals surface area contributed by atoms with E-state index in [0.29, 0.717) is 13.0 Å². The summed E-state index contributed by atoms with van der Waals surface area (Å²) in [5.41, 5.74) is -0.573. The molecule has 178 valence electrons. The van der Waals surface area contributed by atoms with Crippen LogP contribution >= 0.6 is 0 Å². The zero-order valence-corrected chi connectivity index (χ0v) is 22.8. The lowest BCUT2D eigenvalue weighted by Gasteiger charge is -2.40. The first-order valence-electron chi connectivity index (χ1n) is 12.5. The molecule has 1 aromatic rings. The van der Waals surface area contributed by atoms with Gasteiger partial charge in [0.25, 0.3) is 0 Å². The van der Waals surface area contributed by atoms with E-state index in [1.54, 1.807) is 0 Å². The molecule has 0 bridgehead atoms. The van der Waals surface area contributed by atoms with Crippen LogP contribution in [-0.2, 0) is 13.6 Å². The van der Waals surface area contributed by atoms with E-state index in [1.165, 1.54) is 16.8 Å². The number of rotatable bonds is 7. The van der Waals surface area contributed by atoms with Crippen molar-refractivity contribution < 1.29 is 17.7 Å². The van der Waals surface area contributed by atoms with E-state index < -0.39 is 35.5 Å². The van der Waals surface area contributed by atoms with Crippen molar-refractivity contribution >= 4 is 22.5 Å². The van der Waals surface area contributed by atoms with Crippen LogP contribution in [-0.4, -0.2) is 52.0 Å². The third-order valence-corrected chi connectivity index (χ3v) is 16.1. The predicted molar refractivity (Wildman–Crippen MR) is 132 cm³/mol. The van der Waals surface area contributed by atoms with Gasteiger partial charge in [-0.05, 0) is 42.3 Å². The fourth-order valence-electron chi connectivity index (χ4n) is 2.91. The Morgan fingerprint density at radius 3 is 2.32 bits per heavy atom. The summed E-state index contributed by atoms with van der Waals surface area (Å²) in [6.07, 6.45) is 0.910. The van der Waals surface area contributed by atoms with E-state index in [0.717, 1.165) is 0 Å². The van der Waals surface area contributed by atoms with Crippen molar-refractivity contribution in [1.82, 2.24) is 9.55 Å². The maximum atomic E-state index is 12.7. The molecule has 1 aromatic heterocycles. The lowest BCUT2D eigenvalue weighted by Crippen LogP contribution is -2.48. The number of hydrogen-bond acceptors (Lipinski definition) is 6. The van der Waals surface area contributed by atoms with Gasteiger partial charge in [-0.3, -0.25) is 4.57 Å². The van der Waals surface area contributed by atoms with Crippen LogP contribution in [0.5, 0.6) is 0 Å². The topological polar surface area (TPSA) is 74.6 Å². The molecule has 0 radical (unpaired) electrons. The van der Waals surface area contributed by atoms with Crippen molar-refractivity contribution in [2.45, 2.75) is 103 Å². The van der Waals surface area contributed by atoms with Gasteiger partial charge in [0.15, 0.2) is 16.6 Å². The van der Waals surface area contributed by atoms with Crippen LogP contribution in [0.4, 0.5) is 5.82 Å². The molecular formula is C22H43N3O4Si2. The Morgan fingerprint density at radius 2 is 1.81 bits per heavy atom. The summed E-state index contributed by atoms with van der Waals surface area (Å²) in [6.45, 7) is 19.9. The molecule has 0 amide bonds. The highest BCUT2D eigenvalue weighted by Crippen LogP contribution is 2.42. The molecule has 3 atom stereocenters. The van der Waals surface area contributed by atoms with Crippen molar-refractivity contribution in [2.24, 2.45) is 0 Å². The second-order valence-electron chi connectivity index (χ2n) is 11.5. The Morgan fingerprint density at radius 1 is 1.19 bits per heavy atom. The molecule has 7 nitrogen and oxygen atoms in total. The van der Waals surface area contributed by atoms with Crippen molar-refractivity contribution in [2.75, 3.05) is 18.9 Å². The maximum Gasteiger partial charge on any atom is 0.351 e. The van der Waals surface area contributed by atoms with E-state index in [1.807, 2.05) is 0 Å². The molecule has 0 aliphatic carbocycles. The Bertz CT molecular complexity index is 908. The quantitative estimate of drug-likeness (QED) is 0.564. The number of hydrogen-bond donors (Lipinski definition) is 1. The normalized spacial score (nSPS) is 25.1. The van der Waals surface area contributed by atoms with Gasteiger partial charge >= 0.3 is 5.69 Å². The van der Waals surface area contributed by atoms with Gasteiger partial charge < -0.3 is 18.9 Å². The standard InChI is InChI=1S/C22H43N3O4Si2/c1-21(2,3)30(8,9)27-15-17-16(29-31(10,11)22(4,5)6)14-19(28-17)25-13-12-18(23-7)24-20(25)26/h12-13,16-17,19H,14-15H2,1-11H3,(H,23,24,26)/t16-,17+,19+/m0/s1/i7D3. The summed E-state index contributed by atoms with van der Waals surface area (Å²) in [4.78, 5) is 16.6. The van der Waals surface area contributed by atoms with Gasteiger partial charge in [-0.2, -0.15) is 4.98 Å². The zero-order chi connectivity index (χ0) is 26.3. The Hall–Kier alpha value is -1.01. The van der Waals surface area contributed by atoms with Crippen LogP contribution in [0.1, 0.15) is 58.3 Å². The first kappa shape index (κ1) is 21.8. The first-order valence-corrected chi connectivity index (χ1v) is 16.8. The molecule has 2 heterocycles. The summed E-state index contributed by atoms with van der Waals surface area (Å²) in [7, 11) is -4.11. The third kappa shape index (κ3) is 6.07. The minimum absolute atomic E-state index is 0.00568. The molecule has 1 aliphatic rings. The smallest absolute Gasteiger partial charge is 0.351 e. The summed E-state index contributed by atoms with van der Waals surface area (Å²) < 4.78 is 42.9. The average Bonchev–Trinajstić information content (AvgIpc) is 2.98. The summed E-state index contributed by atoms with van der Waals surface area (Å²) >= 11 is 0. The SMILES string of the molecule is [2H]C([2H])([2H])Nc1ccn([C@H]2C[C@H](O[Si](C)(C)C(C)(C)C)[C@@H](CO[Si](C)(C)C(C)(C)C)O2)c(=O)n1. The van der Waals surface area contributed by atoms with E-state index >= 15 is 0 Å². The van der Waals surface area contributed by atoms with E-state index in [9.17, 15) is 4.79 Å². The van der Waals surface area contributed by atoms with Gasteiger partial charge in [-0.15, -0.1) is 0 Å². The number of nitrogens with zero attached hydrogens (tertiary/aromatic N) is 2. The Balaban J connectivity index is 2.29.